The van der Waals surface area contributed by atoms with Crippen molar-refractivity contribution >= 4 is 39.8 Å². The molecule has 0 atom stereocenters. The van der Waals surface area contributed by atoms with E-state index in [1.54, 1.807) is 36.0 Å². The highest BCUT2D eigenvalue weighted by molar-refractivity contribution is 7.98. The van der Waals surface area contributed by atoms with Gasteiger partial charge in [-0.1, -0.05) is 23.9 Å². The van der Waals surface area contributed by atoms with Crippen LogP contribution in [0.1, 0.15) is 23.7 Å². The minimum atomic E-state index is -0.0586. The van der Waals surface area contributed by atoms with Gasteiger partial charge in [0.1, 0.15) is 0 Å². The third-order valence-corrected chi connectivity index (χ3v) is 6.89. The zero-order valence-electron chi connectivity index (χ0n) is 17.7. The van der Waals surface area contributed by atoms with E-state index in [4.69, 9.17) is 4.98 Å². The third kappa shape index (κ3) is 4.38. The van der Waals surface area contributed by atoms with E-state index in [2.05, 4.69) is 15.2 Å². The molecule has 0 aliphatic carbocycles. The van der Waals surface area contributed by atoms with E-state index in [1.165, 1.54) is 11.3 Å². The summed E-state index contributed by atoms with van der Waals surface area (Å²) >= 11 is 3.03. The van der Waals surface area contributed by atoms with Crippen molar-refractivity contribution in [2.24, 2.45) is 7.05 Å². The number of nitrogens with zero attached hydrogens (tertiary/aromatic N) is 6. The van der Waals surface area contributed by atoms with Gasteiger partial charge in [-0.25, -0.2) is 4.98 Å². The number of hydrogen-bond acceptors (Lipinski definition) is 7. The molecule has 4 aromatic rings. The van der Waals surface area contributed by atoms with E-state index in [-0.39, 0.29) is 5.91 Å². The molecule has 1 amide bonds. The lowest BCUT2D eigenvalue weighted by Gasteiger charge is -2.21. The van der Waals surface area contributed by atoms with Gasteiger partial charge < -0.3 is 4.57 Å². The first-order chi connectivity index (χ1) is 15.0. The van der Waals surface area contributed by atoms with Gasteiger partial charge in [-0.05, 0) is 43.2 Å². The predicted octanol–water partition coefficient (Wildman–Crippen LogP) is 4.93. The number of aryl methyl sites for hydroxylation is 1. The molecule has 4 rings (SSSR count). The average Bonchev–Trinajstić information content (AvgIpc) is 3.37. The lowest BCUT2D eigenvalue weighted by atomic mass is 10.1. The van der Waals surface area contributed by atoms with Gasteiger partial charge in [0.15, 0.2) is 16.1 Å². The van der Waals surface area contributed by atoms with Crippen molar-refractivity contribution in [1.29, 1.82) is 0 Å². The maximum Gasteiger partial charge on any atom is 0.230 e. The van der Waals surface area contributed by atoms with Gasteiger partial charge in [-0.3, -0.25) is 14.7 Å². The second kappa shape index (κ2) is 8.99. The predicted molar refractivity (Wildman–Crippen MR) is 125 cm³/mol. The fourth-order valence-corrected chi connectivity index (χ4v) is 4.96. The van der Waals surface area contributed by atoms with Crippen LogP contribution in [0.25, 0.3) is 11.4 Å². The van der Waals surface area contributed by atoms with Crippen LogP contribution in [0.3, 0.4) is 0 Å². The molecule has 0 saturated heterocycles. The van der Waals surface area contributed by atoms with Gasteiger partial charge in [-0.15, -0.1) is 21.5 Å². The monoisotopic (exact) mass is 450 g/mol. The molecule has 158 valence electrons. The SMILES string of the molecule is CC(=O)N(c1nc(CSc2nnc(-c3cccnc3)n2C)cs1)c1cccc(C)c1C. The number of rotatable bonds is 6. The maximum atomic E-state index is 12.4. The molecule has 0 aliphatic heterocycles. The lowest BCUT2D eigenvalue weighted by Crippen LogP contribution is -2.23. The van der Waals surface area contributed by atoms with Crippen LogP contribution in [0.15, 0.2) is 53.3 Å². The fraction of sp³-hybridized carbons (Fsp3) is 0.227. The highest BCUT2D eigenvalue weighted by atomic mass is 32.2. The number of pyridine rings is 1. The van der Waals surface area contributed by atoms with Crippen LogP contribution in [0.4, 0.5) is 10.8 Å². The molecule has 0 spiro atoms. The Bertz CT molecular complexity index is 1220. The molecule has 7 nitrogen and oxygen atoms in total. The Balaban J connectivity index is 1.52. The summed E-state index contributed by atoms with van der Waals surface area (Å²) < 4.78 is 1.95. The van der Waals surface area contributed by atoms with Crippen LogP contribution in [-0.2, 0) is 17.6 Å². The zero-order chi connectivity index (χ0) is 22.0. The summed E-state index contributed by atoms with van der Waals surface area (Å²) in [6, 6.07) is 9.80. The van der Waals surface area contributed by atoms with Crippen LogP contribution in [0.5, 0.6) is 0 Å². The molecule has 0 bridgehead atoms. The summed E-state index contributed by atoms with van der Waals surface area (Å²) in [6.07, 6.45) is 3.51. The van der Waals surface area contributed by atoms with Crippen LogP contribution >= 0.6 is 23.1 Å². The molecule has 3 heterocycles. The molecule has 3 aromatic heterocycles. The normalized spacial score (nSPS) is 11.0. The molecule has 9 heteroatoms. The van der Waals surface area contributed by atoms with E-state index in [0.717, 1.165) is 39.1 Å². The molecule has 0 radical (unpaired) electrons. The van der Waals surface area contributed by atoms with Crippen molar-refractivity contribution in [2.45, 2.75) is 31.7 Å². The number of aromatic nitrogens is 5. The minimum absolute atomic E-state index is 0.0586. The van der Waals surface area contributed by atoms with Crippen molar-refractivity contribution in [3.63, 3.8) is 0 Å². The number of thioether (sulfide) groups is 1. The second-order valence-electron chi connectivity index (χ2n) is 7.09. The van der Waals surface area contributed by atoms with Crippen molar-refractivity contribution in [3.05, 3.63) is 64.9 Å². The number of carbonyl (C=O) groups is 1. The number of hydrogen-bond donors (Lipinski definition) is 0. The van der Waals surface area contributed by atoms with Crippen LogP contribution in [0.2, 0.25) is 0 Å². The molecule has 0 aliphatic rings. The quantitative estimate of drug-likeness (QED) is 0.388. The van der Waals surface area contributed by atoms with Crippen molar-refractivity contribution < 1.29 is 4.79 Å². The molecule has 0 fully saturated rings. The zero-order valence-corrected chi connectivity index (χ0v) is 19.4. The Morgan fingerprint density at radius 3 is 2.77 bits per heavy atom. The van der Waals surface area contributed by atoms with Crippen molar-refractivity contribution in [1.82, 2.24) is 24.7 Å². The molecule has 0 N–H and O–H groups in total. The van der Waals surface area contributed by atoms with Gasteiger partial charge >= 0.3 is 0 Å². The Labute approximate surface area is 189 Å². The van der Waals surface area contributed by atoms with Crippen molar-refractivity contribution in [3.8, 4) is 11.4 Å². The Morgan fingerprint density at radius 2 is 2.03 bits per heavy atom. The van der Waals surface area contributed by atoms with Crippen LogP contribution in [-0.4, -0.2) is 30.6 Å². The van der Waals surface area contributed by atoms with E-state index < -0.39 is 0 Å². The Morgan fingerprint density at radius 1 is 1.19 bits per heavy atom. The largest absolute Gasteiger partial charge is 0.305 e. The molecular weight excluding hydrogens is 428 g/mol. The molecule has 31 heavy (non-hydrogen) atoms. The summed E-state index contributed by atoms with van der Waals surface area (Å²) in [7, 11) is 1.94. The Kier molecular flexibility index (Phi) is 6.15. The van der Waals surface area contributed by atoms with E-state index >= 15 is 0 Å². The first-order valence-electron chi connectivity index (χ1n) is 9.69. The minimum Gasteiger partial charge on any atom is -0.305 e. The third-order valence-electron chi connectivity index (χ3n) is 4.97. The summed E-state index contributed by atoms with van der Waals surface area (Å²) in [4.78, 5) is 23.0. The summed E-state index contributed by atoms with van der Waals surface area (Å²) in [6.45, 7) is 5.64. The number of anilines is 2. The van der Waals surface area contributed by atoms with Crippen LogP contribution in [0, 0.1) is 13.8 Å². The first kappa shape index (κ1) is 21.2. The number of benzene rings is 1. The molecule has 1 aromatic carbocycles. The molecule has 0 saturated carbocycles. The van der Waals surface area contributed by atoms with E-state index in [9.17, 15) is 4.79 Å². The van der Waals surface area contributed by atoms with Gasteiger partial charge in [0.05, 0.1) is 11.4 Å². The number of amides is 1. The molecule has 0 unspecified atom stereocenters. The second-order valence-corrected chi connectivity index (χ2v) is 8.87. The molecular formula is C22H22N6OS2. The summed E-state index contributed by atoms with van der Waals surface area (Å²) in [5, 5.41) is 12.1. The van der Waals surface area contributed by atoms with E-state index in [0.29, 0.717) is 10.9 Å². The maximum absolute atomic E-state index is 12.4. The summed E-state index contributed by atoms with van der Waals surface area (Å²) in [5.74, 6) is 1.34. The smallest absolute Gasteiger partial charge is 0.230 e. The summed E-state index contributed by atoms with van der Waals surface area (Å²) in [5.41, 5.74) is 4.91. The topological polar surface area (TPSA) is 76.8 Å². The van der Waals surface area contributed by atoms with Gasteiger partial charge in [0, 0.05) is 43.1 Å². The van der Waals surface area contributed by atoms with Crippen molar-refractivity contribution in [2.75, 3.05) is 4.90 Å². The lowest BCUT2D eigenvalue weighted by molar-refractivity contribution is -0.115. The highest BCUT2D eigenvalue weighted by Crippen LogP contribution is 2.34. The number of thiazole rings is 1. The van der Waals surface area contributed by atoms with Gasteiger partial charge in [0.2, 0.25) is 5.91 Å². The van der Waals surface area contributed by atoms with Crippen LogP contribution < -0.4 is 4.90 Å². The Hall–Kier alpha value is -3.04. The number of carbonyl (C=O) groups excluding carboxylic acids is 1. The highest BCUT2D eigenvalue weighted by Gasteiger charge is 2.20. The first-order valence-corrected chi connectivity index (χ1v) is 11.6. The average molecular weight is 451 g/mol. The van der Waals surface area contributed by atoms with Gasteiger partial charge in [0.25, 0.3) is 0 Å². The van der Waals surface area contributed by atoms with Gasteiger partial charge in [-0.2, -0.15) is 0 Å². The standard InChI is InChI=1S/C22H22N6OS2/c1-14-7-5-9-19(15(14)2)28(16(3)29)21-24-18(12-30-21)13-31-22-26-25-20(27(22)4)17-8-6-10-23-11-17/h5-12H,13H2,1-4H3. The fourth-order valence-electron chi connectivity index (χ4n) is 3.18. The van der Waals surface area contributed by atoms with E-state index in [1.807, 2.05) is 61.2 Å².